The van der Waals surface area contributed by atoms with Gasteiger partial charge in [0.1, 0.15) is 6.10 Å². The van der Waals surface area contributed by atoms with Crippen LogP contribution in [0.3, 0.4) is 0 Å². The van der Waals surface area contributed by atoms with Crippen LogP contribution in [0.15, 0.2) is 48.5 Å². The van der Waals surface area contributed by atoms with Gasteiger partial charge in [0.05, 0.1) is 17.2 Å². The van der Waals surface area contributed by atoms with Crippen LogP contribution >= 0.6 is 0 Å². The zero-order valence-corrected chi connectivity index (χ0v) is 18.2. The first-order valence-corrected chi connectivity index (χ1v) is 12.1. The second kappa shape index (κ2) is 8.45. The van der Waals surface area contributed by atoms with E-state index in [0.29, 0.717) is 11.1 Å². The van der Waals surface area contributed by atoms with Crippen molar-refractivity contribution in [2.24, 2.45) is 0 Å². The minimum atomic E-state index is -4.49. The first kappa shape index (κ1) is 22.7. The van der Waals surface area contributed by atoms with Crippen LogP contribution in [-0.2, 0) is 10.6 Å². The highest BCUT2D eigenvalue weighted by Crippen LogP contribution is 2.40. The van der Waals surface area contributed by atoms with Crippen molar-refractivity contribution in [3.8, 4) is 17.9 Å². The fraction of sp³-hybridized carbons (Fsp3) is 0.348. The Morgan fingerprint density at radius 2 is 1.48 bits per heavy atom. The van der Waals surface area contributed by atoms with Crippen LogP contribution in [0.4, 0.5) is 13.2 Å². The molecule has 6 heteroatoms. The van der Waals surface area contributed by atoms with Gasteiger partial charge >= 0.3 is 6.18 Å². The van der Waals surface area contributed by atoms with Crippen molar-refractivity contribution in [3.63, 3.8) is 0 Å². The molecule has 0 saturated heterocycles. The van der Waals surface area contributed by atoms with Crippen molar-refractivity contribution >= 4 is 8.32 Å². The zero-order chi connectivity index (χ0) is 21.9. The van der Waals surface area contributed by atoms with Crippen LogP contribution in [0, 0.1) is 23.2 Å². The molecule has 0 spiro atoms. The average molecular weight is 416 g/mol. The molecular weight excluding hydrogens is 391 g/mol. The molecule has 0 saturated carbocycles. The Bertz CT molecular complexity index is 972. The average Bonchev–Trinajstić information content (AvgIpc) is 2.63. The highest BCUT2D eigenvalue weighted by molar-refractivity contribution is 6.74. The van der Waals surface area contributed by atoms with Gasteiger partial charge in [-0.1, -0.05) is 62.9 Å². The summed E-state index contributed by atoms with van der Waals surface area (Å²) in [5.41, 5.74) is 0.0665. The zero-order valence-electron chi connectivity index (χ0n) is 17.2. The molecule has 0 aliphatic rings. The van der Waals surface area contributed by atoms with E-state index >= 15 is 0 Å². The van der Waals surface area contributed by atoms with Gasteiger partial charge in [0, 0.05) is 11.1 Å². The standard InChI is InChI=1S/C23H24F3NOSi/c1-22(2,3)29(4,5)28-21(19-12-8-6-11-18(19)16-27)15-14-17-10-7-9-13-20(17)23(24,25)26/h6-13,21H,1-5H3. The van der Waals surface area contributed by atoms with Crippen LogP contribution < -0.4 is 0 Å². The number of hydrogen-bond donors (Lipinski definition) is 0. The van der Waals surface area contributed by atoms with Crippen molar-refractivity contribution in [3.05, 3.63) is 70.8 Å². The molecule has 0 heterocycles. The summed E-state index contributed by atoms with van der Waals surface area (Å²) in [7, 11) is -2.31. The van der Waals surface area contributed by atoms with Gasteiger partial charge in [-0.25, -0.2) is 0 Å². The summed E-state index contributed by atoms with van der Waals surface area (Å²) in [6, 6.07) is 14.2. The van der Waals surface area contributed by atoms with Gasteiger partial charge in [0.25, 0.3) is 0 Å². The normalized spacial score (nSPS) is 13.2. The first-order valence-electron chi connectivity index (χ1n) is 9.21. The molecule has 0 aromatic heterocycles. The van der Waals surface area contributed by atoms with E-state index in [2.05, 4.69) is 38.7 Å². The maximum atomic E-state index is 13.3. The molecule has 2 aromatic rings. The van der Waals surface area contributed by atoms with E-state index in [1.165, 1.54) is 18.2 Å². The second-order valence-electron chi connectivity index (χ2n) is 8.27. The molecule has 0 radical (unpaired) electrons. The molecule has 1 unspecified atom stereocenters. The van der Waals surface area contributed by atoms with Crippen molar-refractivity contribution in [2.75, 3.05) is 0 Å². The predicted molar refractivity (Wildman–Crippen MR) is 111 cm³/mol. The van der Waals surface area contributed by atoms with Crippen molar-refractivity contribution in [1.29, 1.82) is 5.26 Å². The Kier molecular flexibility index (Phi) is 6.62. The van der Waals surface area contributed by atoms with Crippen LogP contribution in [0.5, 0.6) is 0 Å². The molecule has 0 fully saturated rings. The highest BCUT2D eigenvalue weighted by atomic mass is 28.4. The molecule has 1 atom stereocenters. The van der Waals surface area contributed by atoms with E-state index < -0.39 is 26.2 Å². The summed E-state index contributed by atoms with van der Waals surface area (Å²) in [6.45, 7) is 10.3. The summed E-state index contributed by atoms with van der Waals surface area (Å²) in [5, 5.41) is 9.34. The van der Waals surface area contributed by atoms with Gasteiger partial charge in [-0.05, 0) is 36.3 Å². The summed E-state index contributed by atoms with van der Waals surface area (Å²) in [6.07, 6.45) is -5.29. The number of hydrogen-bond acceptors (Lipinski definition) is 2. The van der Waals surface area contributed by atoms with E-state index in [4.69, 9.17) is 4.43 Å². The summed E-state index contributed by atoms with van der Waals surface area (Å²) in [4.78, 5) is 0. The van der Waals surface area contributed by atoms with Gasteiger partial charge in [0.15, 0.2) is 8.32 Å². The fourth-order valence-corrected chi connectivity index (χ4v) is 3.58. The lowest BCUT2D eigenvalue weighted by Crippen LogP contribution is -2.41. The van der Waals surface area contributed by atoms with Gasteiger partial charge in [-0.2, -0.15) is 18.4 Å². The summed E-state index contributed by atoms with van der Waals surface area (Å²) >= 11 is 0. The van der Waals surface area contributed by atoms with Crippen LogP contribution in [0.2, 0.25) is 18.1 Å². The Morgan fingerprint density at radius 3 is 2.03 bits per heavy atom. The number of nitriles is 1. The number of halogens is 3. The third-order valence-corrected chi connectivity index (χ3v) is 9.59. The SMILES string of the molecule is CC(C)(C)[Si](C)(C)OC(C#Cc1ccccc1C(F)(F)F)c1ccccc1C#N. The van der Waals surface area contributed by atoms with E-state index in [1.54, 1.807) is 24.3 Å². The smallest absolute Gasteiger partial charge is 0.399 e. The first-order chi connectivity index (χ1) is 13.4. The fourth-order valence-electron chi connectivity index (χ4n) is 2.45. The monoisotopic (exact) mass is 415 g/mol. The number of alkyl halides is 3. The summed E-state index contributed by atoms with van der Waals surface area (Å²) in [5.74, 6) is 5.54. The minimum absolute atomic E-state index is 0.113. The molecule has 0 aliphatic carbocycles. The number of nitrogens with zero attached hydrogens (tertiary/aromatic N) is 1. The van der Waals surface area contributed by atoms with Gasteiger partial charge in [-0.3, -0.25) is 0 Å². The van der Waals surface area contributed by atoms with E-state index in [0.717, 1.165) is 6.07 Å². The molecule has 0 N–H and O–H groups in total. The lowest BCUT2D eigenvalue weighted by Gasteiger charge is -2.38. The van der Waals surface area contributed by atoms with Crippen molar-refractivity contribution in [2.45, 2.75) is 51.2 Å². The molecule has 0 aliphatic heterocycles. The number of rotatable bonds is 3. The van der Waals surface area contributed by atoms with E-state index in [9.17, 15) is 18.4 Å². The quantitative estimate of drug-likeness (QED) is 0.413. The molecule has 152 valence electrons. The molecule has 2 nitrogen and oxygen atoms in total. The Labute approximate surface area is 171 Å². The van der Waals surface area contributed by atoms with Crippen LogP contribution in [-0.4, -0.2) is 8.32 Å². The van der Waals surface area contributed by atoms with E-state index in [-0.39, 0.29) is 10.6 Å². The molecule has 2 aromatic carbocycles. The molecule has 0 bridgehead atoms. The molecule has 0 amide bonds. The predicted octanol–water partition coefficient (Wildman–Crippen LogP) is 6.69. The largest absolute Gasteiger partial charge is 0.417 e. The topological polar surface area (TPSA) is 33.0 Å². The second-order valence-corrected chi connectivity index (χ2v) is 13.0. The van der Waals surface area contributed by atoms with E-state index in [1.807, 2.05) is 13.1 Å². The van der Waals surface area contributed by atoms with Crippen LogP contribution in [0.25, 0.3) is 0 Å². The molecule has 29 heavy (non-hydrogen) atoms. The Balaban J connectivity index is 2.58. The Hall–Kier alpha value is -2.54. The highest BCUT2D eigenvalue weighted by Gasteiger charge is 2.39. The lowest BCUT2D eigenvalue weighted by atomic mass is 10.0. The van der Waals surface area contributed by atoms with Gasteiger partial charge in [-0.15, -0.1) is 0 Å². The molecular formula is C23H24F3NOSi. The maximum absolute atomic E-state index is 13.3. The van der Waals surface area contributed by atoms with Gasteiger partial charge in [0.2, 0.25) is 0 Å². The molecule has 2 rings (SSSR count). The van der Waals surface area contributed by atoms with Crippen molar-refractivity contribution in [1.82, 2.24) is 0 Å². The minimum Gasteiger partial charge on any atom is -0.399 e. The Morgan fingerprint density at radius 1 is 0.931 bits per heavy atom. The third-order valence-electron chi connectivity index (χ3n) is 5.15. The lowest BCUT2D eigenvalue weighted by molar-refractivity contribution is -0.137. The summed E-state index contributed by atoms with van der Waals surface area (Å²) < 4.78 is 46.3. The van der Waals surface area contributed by atoms with Crippen molar-refractivity contribution < 1.29 is 17.6 Å². The maximum Gasteiger partial charge on any atom is 0.417 e. The number of benzene rings is 2. The van der Waals surface area contributed by atoms with Gasteiger partial charge < -0.3 is 4.43 Å². The van der Waals surface area contributed by atoms with Crippen LogP contribution in [0.1, 0.15) is 49.1 Å². The third kappa shape index (κ3) is 5.50.